The molecule has 10 heteroatoms. The quantitative estimate of drug-likeness (QED) is 0.802. The Labute approximate surface area is 148 Å². The fraction of sp³-hybridized carbons (Fsp3) is 0.357. The molecule has 0 unspecified atom stereocenters. The number of hydrogen-bond acceptors (Lipinski definition) is 5. The first-order chi connectivity index (χ1) is 11.5. The number of nitrogens with zero attached hydrogens (tertiary/aromatic N) is 5. The van der Waals surface area contributed by atoms with Crippen LogP contribution in [0.4, 0.5) is 5.69 Å². The van der Waals surface area contributed by atoms with Crippen molar-refractivity contribution >= 4 is 40.7 Å². The van der Waals surface area contributed by atoms with E-state index in [2.05, 4.69) is 20.8 Å². The third kappa shape index (κ3) is 5.17. The molecular weight excluding hydrogens is 355 g/mol. The topological polar surface area (TPSA) is 93.0 Å². The molecule has 0 aliphatic heterocycles. The molecule has 0 spiro atoms. The number of tetrazole rings is 1. The lowest BCUT2D eigenvalue weighted by atomic mass is 10.3. The Morgan fingerprint density at radius 3 is 2.75 bits per heavy atom. The second-order valence-corrected chi connectivity index (χ2v) is 5.84. The van der Waals surface area contributed by atoms with E-state index in [0.29, 0.717) is 22.3 Å². The average Bonchev–Trinajstić information content (AvgIpc) is 3.02. The van der Waals surface area contributed by atoms with Gasteiger partial charge in [0.05, 0.1) is 17.3 Å². The summed E-state index contributed by atoms with van der Waals surface area (Å²) in [5.41, 5.74) is 0.440. The van der Waals surface area contributed by atoms with Crippen LogP contribution in [-0.4, -0.2) is 50.0 Å². The number of anilines is 1. The minimum absolute atomic E-state index is 0.0258. The summed E-state index contributed by atoms with van der Waals surface area (Å²) in [6.45, 7) is 2.25. The van der Waals surface area contributed by atoms with Gasteiger partial charge in [0.2, 0.25) is 11.8 Å². The van der Waals surface area contributed by atoms with Gasteiger partial charge in [0.1, 0.15) is 12.9 Å². The van der Waals surface area contributed by atoms with E-state index >= 15 is 0 Å². The summed E-state index contributed by atoms with van der Waals surface area (Å²) in [6.07, 6.45) is 2.06. The summed E-state index contributed by atoms with van der Waals surface area (Å²) in [5, 5.41) is 14.1. The van der Waals surface area contributed by atoms with Gasteiger partial charge in [-0.15, -0.1) is 5.10 Å². The molecule has 128 valence electrons. The first kappa shape index (κ1) is 18.2. The molecule has 1 N–H and O–H groups in total. The summed E-state index contributed by atoms with van der Waals surface area (Å²) >= 11 is 11.8. The number of benzene rings is 1. The van der Waals surface area contributed by atoms with Crippen LogP contribution in [0.25, 0.3) is 0 Å². The summed E-state index contributed by atoms with van der Waals surface area (Å²) in [4.78, 5) is 25.9. The average molecular weight is 371 g/mol. The van der Waals surface area contributed by atoms with Gasteiger partial charge < -0.3 is 10.2 Å². The molecule has 1 aromatic heterocycles. The van der Waals surface area contributed by atoms with Crippen LogP contribution >= 0.6 is 23.2 Å². The number of nitrogens with one attached hydrogen (secondary N) is 1. The second kappa shape index (κ2) is 8.60. The van der Waals surface area contributed by atoms with Gasteiger partial charge in [-0.1, -0.05) is 30.1 Å². The molecule has 0 aliphatic carbocycles. The molecule has 0 bridgehead atoms. The van der Waals surface area contributed by atoms with Crippen molar-refractivity contribution in [2.75, 3.05) is 18.4 Å². The van der Waals surface area contributed by atoms with Crippen LogP contribution in [0.5, 0.6) is 0 Å². The van der Waals surface area contributed by atoms with Crippen molar-refractivity contribution in [3.63, 3.8) is 0 Å². The Balaban J connectivity index is 1.98. The maximum Gasteiger partial charge on any atom is 0.244 e. The normalized spacial score (nSPS) is 10.5. The van der Waals surface area contributed by atoms with Gasteiger partial charge in [0.15, 0.2) is 0 Å². The number of aromatic nitrogens is 4. The van der Waals surface area contributed by atoms with Crippen molar-refractivity contribution in [3.05, 3.63) is 34.6 Å². The molecule has 2 rings (SSSR count). The molecule has 1 heterocycles. The largest absolute Gasteiger partial charge is 0.332 e. The molecule has 0 aliphatic rings. The molecule has 0 fully saturated rings. The Morgan fingerprint density at radius 2 is 2.12 bits per heavy atom. The predicted molar refractivity (Wildman–Crippen MR) is 89.8 cm³/mol. The molecule has 8 nitrogen and oxygen atoms in total. The SMILES string of the molecule is CCCN(CC(=O)Nc1ccc(Cl)cc1Cl)C(=O)Cn1cnnn1. The standard InChI is InChI=1S/C14H16Cl2N6O2/c1-2-5-21(14(24)8-22-9-17-19-20-22)7-13(23)18-12-4-3-10(15)6-11(12)16/h3-4,6,9H,2,5,7-8H2,1H3,(H,18,23). The Morgan fingerprint density at radius 1 is 1.33 bits per heavy atom. The number of hydrogen-bond donors (Lipinski definition) is 1. The molecule has 0 atom stereocenters. The molecule has 0 radical (unpaired) electrons. The third-order valence-corrected chi connectivity index (χ3v) is 3.62. The van der Waals surface area contributed by atoms with E-state index in [1.807, 2.05) is 6.92 Å². The van der Waals surface area contributed by atoms with E-state index in [4.69, 9.17) is 23.2 Å². The molecule has 2 amide bonds. The van der Waals surface area contributed by atoms with Crippen molar-refractivity contribution in [2.24, 2.45) is 0 Å². The third-order valence-electron chi connectivity index (χ3n) is 3.07. The van der Waals surface area contributed by atoms with Crippen molar-refractivity contribution in [1.82, 2.24) is 25.1 Å². The van der Waals surface area contributed by atoms with E-state index in [1.54, 1.807) is 12.1 Å². The fourth-order valence-electron chi connectivity index (χ4n) is 2.01. The van der Waals surface area contributed by atoms with Crippen LogP contribution < -0.4 is 5.32 Å². The van der Waals surface area contributed by atoms with E-state index in [0.717, 1.165) is 6.42 Å². The monoisotopic (exact) mass is 370 g/mol. The lowest BCUT2D eigenvalue weighted by molar-refractivity contribution is -0.135. The zero-order valence-corrected chi connectivity index (χ0v) is 14.5. The summed E-state index contributed by atoms with van der Waals surface area (Å²) in [5.74, 6) is -0.598. The van der Waals surface area contributed by atoms with E-state index in [1.165, 1.54) is 22.0 Å². The molecule has 0 saturated heterocycles. The highest BCUT2D eigenvalue weighted by Gasteiger charge is 2.18. The first-order valence-corrected chi connectivity index (χ1v) is 7.98. The van der Waals surface area contributed by atoms with E-state index in [9.17, 15) is 9.59 Å². The summed E-state index contributed by atoms with van der Waals surface area (Å²) in [7, 11) is 0. The fourth-order valence-corrected chi connectivity index (χ4v) is 2.46. The van der Waals surface area contributed by atoms with Crippen LogP contribution in [-0.2, 0) is 16.1 Å². The smallest absolute Gasteiger partial charge is 0.244 e. The Hall–Kier alpha value is -2.19. The number of rotatable bonds is 7. The molecule has 24 heavy (non-hydrogen) atoms. The minimum Gasteiger partial charge on any atom is -0.332 e. The van der Waals surface area contributed by atoms with Crippen LogP contribution in [0.1, 0.15) is 13.3 Å². The van der Waals surface area contributed by atoms with Crippen molar-refractivity contribution in [1.29, 1.82) is 0 Å². The van der Waals surface area contributed by atoms with Gasteiger partial charge in [-0.3, -0.25) is 9.59 Å². The van der Waals surface area contributed by atoms with E-state index in [-0.39, 0.29) is 24.9 Å². The van der Waals surface area contributed by atoms with Gasteiger partial charge in [-0.05, 0) is 35.0 Å². The van der Waals surface area contributed by atoms with Crippen LogP contribution in [0.2, 0.25) is 10.0 Å². The number of halogens is 2. The van der Waals surface area contributed by atoms with Gasteiger partial charge in [0, 0.05) is 11.6 Å². The summed E-state index contributed by atoms with van der Waals surface area (Å²) < 4.78 is 1.30. The first-order valence-electron chi connectivity index (χ1n) is 7.23. The van der Waals surface area contributed by atoms with Crippen LogP contribution in [0, 0.1) is 0 Å². The van der Waals surface area contributed by atoms with Gasteiger partial charge in [0.25, 0.3) is 0 Å². The molecule has 0 saturated carbocycles. The predicted octanol–water partition coefficient (Wildman–Crippen LogP) is 1.86. The highest BCUT2D eigenvalue weighted by molar-refractivity contribution is 6.36. The second-order valence-electron chi connectivity index (χ2n) is 5.00. The van der Waals surface area contributed by atoms with Gasteiger partial charge >= 0.3 is 0 Å². The van der Waals surface area contributed by atoms with Crippen molar-refractivity contribution in [3.8, 4) is 0 Å². The van der Waals surface area contributed by atoms with Crippen molar-refractivity contribution < 1.29 is 9.59 Å². The highest BCUT2D eigenvalue weighted by Crippen LogP contribution is 2.25. The molecular formula is C14H16Cl2N6O2. The lowest BCUT2D eigenvalue weighted by Gasteiger charge is -2.21. The maximum atomic E-state index is 12.3. The number of carbonyl (C=O) groups excluding carboxylic acids is 2. The highest BCUT2D eigenvalue weighted by atomic mass is 35.5. The molecule has 2 aromatic rings. The Kier molecular flexibility index (Phi) is 6.51. The minimum atomic E-state index is -0.349. The lowest BCUT2D eigenvalue weighted by Crippen LogP contribution is -2.40. The molecule has 1 aromatic carbocycles. The Bertz CT molecular complexity index is 707. The van der Waals surface area contributed by atoms with Crippen molar-refractivity contribution in [2.45, 2.75) is 19.9 Å². The van der Waals surface area contributed by atoms with Crippen LogP contribution in [0.3, 0.4) is 0 Å². The van der Waals surface area contributed by atoms with Crippen LogP contribution in [0.15, 0.2) is 24.5 Å². The summed E-state index contributed by atoms with van der Waals surface area (Å²) in [6, 6.07) is 4.76. The maximum absolute atomic E-state index is 12.3. The van der Waals surface area contributed by atoms with E-state index < -0.39 is 0 Å². The zero-order chi connectivity index (χ0) is 17.5. The number of carbonyl (C=O) groups is 2. The van der Waals surface area contributed by atoms with Gasteiger partial charge in [-0.25, -0.2) is 4.68 Å². The van der Waals surface area contributed by atoms with Gasteiger partial charge in [-0.2, -0.15) is 0 Å². The zero-order valence-electron chi connectivity index (χ0n) is 12.9. The number of amides is 2.